The predicted octanol–water partition coefficient (Wildman–Crippen LogP) is 10.7. The van der Waals surface area contributed by atoms with Crippen molar-refractivity contribution in [1.82, 2.24) is 15.0 Å². The Morgan fingerprint density at radius 2 is 1.65 bits per heavy atom. The maximum absolute atomic E-state index is 6.19. The summed E-state index contributed by atoms with van der Waals surface area (Å²) in [5, 5.41) is 3.60. The molecule has 0 amide bonds. The van der Waals surface area contributed by atoms with Gasteiger partial charge in [0.05, 0.1) is 13.7 Å². The number of pyridine rings is 3. The second-order valence-electron chi connectivity index (χ2n) is 16.7. The first kappa shape index (κ1) is 36.8. The molecule has 0 aliphatic heterocycles. The summed E-state index contributed by atoms with van der Waals surface area (Å²) < 4.78 is 6.19. The second-order valence-corrected chi connectivity index (χ2v) is 21.7. The van der Waals surface area contributed by atoms with E-state index in [0.717, 1.165) is 63.7 Å². The normalized spacial score (nSPS) is 14.9. The van der Waals surface area contributed by atoms with Crippen molar-refractivity contribution in [1.29, 1.82) is 0 Å². The van der Waals surface area contributed by atoms with Crippen molar-refractivity contribution in [3.63, 3.8) is 0 Å². The van der Waals surface area contributed by atoms with Crippen molar-refractivity contribution >= 4 is 35.2 Å². The Morgan fingerprint density at radius 3 is 2.35 bits per heavy atom. The van der Waals surface area contributed by atoms with Crippen molar-refractivity contribution in [3.05, 3.63) is 108 Å². The average Bonchev–Trinajstić information content (AvgIpc) is 3.42. The topological polar surface area (TPSA) is 51.8 Å². The van der Waals surface area contributed by atoms with E-state index in [1.165, 1.54) is 28.3 Å². The molecule has 0 N–H and O–H groups in total. The molecule has 4 aromatic heterocycles. The van der Waals surface area contributed by atoms with Crippen LogP contribution in [0.25, 0.3) is 44.5 Å². The molecule has 6 heteroatoms. The van der Waals surface area contributed by atoms with Crippen molar-refractivity contribution in [2.24, 2.45) is 16.7 Å². The molecule has 0 saturated heterocycles. The molecule has 1 aliphatic rings. The van der Waals surface area contributed by atoms with Crippen LogP contribution in [0.5, 0.6) is 0 Å². The summed E-state index contributed by atoms with van der Waals surface area (Å²) in [6.07, 6.45) is 13.5. The SMILES string of the molecule is CC(C)(C)C1CCc2c(ccnc2-c2[c-]ncc3c2oc2ccccc23)C1.CC(C)(C)Cc1cc(-c2[c-]cccc2)ncc1[Si](C)(C)C.[Ir]. The molecular formula is C43H49IrN3OSi-2. The first-order valence-electron chi connectivity index (χ1n) is 17.3. The summed E-state index contributed by atoms with van der Waals surface area (Å²) in [5.41, 5.74) is 10.5. The van der Waals surface area contributed by atoms with E-state index >= 15 is 0 Å². The minimum absolute atomic E-state index is 0. The van der Waals surface area contributed by atoms with Crippen molar-refractivity contribution in [3.8, 4) is 22.5 Å². The molecule has 7 rings (SSSR count). The first-order valence-corrected chi connectivity index (χ1v) is 20.8. The summed E-state index contributed by atoms with van der Waals surface area (Å²) in [7, 11) is -1.37. The largest absolute Gasteiger partial charge is 0.500 e. The number of nitrogens with zero attached hydrogens (tertiary/aromatic N) is 3. The van der Waals surface area contributed by atoms with Gasteiger partial charge in [-0.2, -0.15) is 0 Å². The van der Waals surface area contributed by atoms with Gasteiger partial charge in [-0.05, 0) is 88.9 Å². The van der Waals surface area contributed by atoms with Crippen LogP contribution in [0.15, 0.2) is 83.7 Å². The van der Waals surface area contributed by atoms with Gasteiger partial charge in [0.1, 0.15) is 5.58 Å². The average molecular weight is 844 g/mol. The van der Waals surface area contributed by atoms with Gasteiger partial charge >= 0.3 is 0 Å². The Morgan fingerprint density at radius 1 is 0.898 bits per heavy atom. The molecule has 0 saturated carbocycles. The molecule has 1 radical (unpaired) electrons. The van der Waals surface area contributed by atoms with Crippen LogP contribution in [0.2, 0.25) is 19.6 Å². The zero-order chi connectivity index (χ0) is 34.3. The molecule has 0 fully saturated rings. The third-order valence-corrected chi connectivity index (χ3v) is 11.6. The van der Waals surface area contributed by atoms with E-state index in [4.69, 9.17) is 14.4 Å². The van der Waals surface area contributed by atoms with Gasteiger partial charge in [0.25, 0.3) is 0 Å². The van der Waals surface area contributed by atoms with E-state index in [9.17, 15) is 0 Å². The molecule has 4 nitrogen and oxygen atoms in total. The third kappa shape index (κ3) is 8.31. The Hall–Kier alpha value is -3.44. The molecular weight excluding hydrogens is 795 g/mol. The van der Waals surface area contributed by atoms with Crippen LogP contribution < -0.4 is 5.19 Å². The van der Waals surface area contributed by atoms with Crippen LogP contribution in [-0.2, 0) is 39.4 Å². The third-order valence-electron chi connectivity index (χ3n) is 9.56. The standard InChI is InChI=1S/C24H23N2O.C19H26NSi.Ir/c1-24(2,3)16-8-9-17-15(12-16)10-11-26-22(17)20-14-25-13-19-18-6-4-5-7-21(18)27-23(19)20;1-19(2,3)13-16-12-17(15-10-8-7-9-11-15)20-14-18(16)21(4,5)6;/h4-7,10-11,13,16H,8-9,12H2,1-3H3;7-10,12,14H,13H2,1-6H3;/q2*-1;. The smallest absolute Gasteiger partial charge is 0.121 e. The fourth-order valence-electron chi connectivity index (χ4n) is 6.99. The van der Waals surface area contributed by atoms with Crippen LogP contribution in [-0.4, -0.2) is 23.0 Å². The zero-order valence-corrected chi connectivity index (χ0v) is 33.9. The number of hydrogen-bond acceptors (Lipinski definition) is 4. The molecule has 1 unspecified atom stereocenters. The molecule has 1 aliphatic carbocycles. The molecule has 257 valence electrons. The van der Waals surface area contributed by atoms with Gasteiger partial charge in [-0.1, -0.05) is 108 Å². The number of para-hydroxylation sites is 1. The molecule has 0 bridgehead atoms. The van der Waals surface area contributed by atoms with Gasteiger partial charge in [-0.3, -0.25) is 0 Å². The van der Waals surface area contributed by atoms with Gasteiger partial charge in [-0.15, -0.1) is 35.9 Å². The quantitative estimate of drug-likeness (QED) is 0.131. The Bertz CT molecular complexity index is 2050. The van der Waals surface area contributed by atoms with Crippen LogP contribution >= 0.6 is 0 Å². The number of hydrogen-bond donors (Lipinski definition) is 0. The molecule has 0 spiro atoms. The summed E-state index contributed by atoms with van der Waals surface area (Å²) in [6, 6.07) is 23.9. The fourth-order valence-corrected chi connectivity index (χ4v) is 8.56. The predicted molar refractivity (Wildman–Crippen MR) is 203 cm³/mol. The molecule has 4 heterocycles. The fraction of sp³-hybridized carbons (Fsp3) is 0.372. The van der Waals surface area contributed by atoms with Crippen molar-refractivity contribution < 1.29 is 24.5 Å². The van der Waals surface area contributed by atoms with Gasteiger partial charge in [0.15, 0.2) is 0 Å². The summed E-state index contributed by atoms with van der Waals surface area (Å²) >= 11 is 0. The summed E-state index contributed by atoms with van der Waals surface area (Å²) in [5.74, 6) is 0.698. The van der Waals surface area contributed by atoms with E-state index < -0.39 is 8.07 Å². The van der Waals surface area contributed by atoms with Gasteiger partial charge < -0.3 is 19.4 Å². The van der Waals surface area contributed by atoms with Gasteiger partial charge in [-0.25, -0.2) is 0 Å². The van der Waals surface area contributed by atoms with Crippen molar-refractivity contribution in [2.75, 3.05) is 0 Å². The van der Waals surface area contributed by atoms with Gasteiger partial charge in [0.2, 0.25) is 0 Å². The van der Waals surface area contributed by atoms with Crippen LogP contribution in [0.3, 0.4) is 0 Å². The van der Waals surface area contributed by atoms with Crippen molar-refractivity contribution in [2.45, 2.75) is 86.9 Å². The maximum atomic E-state index is 6.19. The molecule has 49 heavy (non-hydrogen) atoms. The Kier molecular flexibility index (Phi) is 10.8. The minimum atomic E-state index is -1.37. The Balaban J connectivity index is 0.000000194. The minimum Gasteiger partial charge on any atom is -0.500 e. The van der Waals surface area contributed by atoms with Crippen LogP contribution in [0, 0.1) is 29.0 Å². The number of aromatic nitrogens is 3. The second kappa shape index (κ2) is 14.4. The Labute approximate surface area is 307 Å². The van der Waals surface area contributed by atoms with Crippen LogP contribution in [0.4, 0.5) is 0 Å². The monoisotopic (exact) mass is 844 g/mol. The van der Waals surface area contributed by atoms with E-state index in [2.05, 4.69) is 109 Å². The molecule has 1 atom stereocenters. The van der Waals surface area contributed by atoms with E-state index in [1.54, 1.807) is 0 Å². The number of benzene rings is 2. The summed E-state index contributed by atoms with van der Waals surface area (Å²) in [6.45, 7) is 21.1. The first-order chi connectivity index (χ1) is 22.7. The summed E-state index contributed by atoms with van der Waals surface area (Å²) in [4.78, 5) is 13.8. The van der Waals surface area contributed by atoms with E-state index in [-0.39, 0.29) is 25.5 Å². The van der Waals surface area contributed by atoms with Gasteiger partial charge in [0, 0.05) is 37.9 Å². The number of rotatable bonds is 4. The maximum Gasteiger partial charge on any atom is 0.121 e. The molecule has 6 aromatic rings. The number of furan rings is 1. The molecule has 2 aromatic carbocycles. The zero-order valence-electron chi connectivity index (χ0n) is 30.5. The van der Waals surface area contributed by atoms with Crippen LogP contribution in [0.1, 0.15) is 64.7 Å². The van der Waals surface area contributed by atoms with E-state index in [1.807, 2.05) is 48.8 Å². The van der Waals surface area contributed by atoms with E-state index in [0.29, 0.717) is 11.3 Å². The number of fused-ring (bicyclic) bond motifs is 4.